The van der Waals surface area contributed by atoms with E-state index in [9.17, 15) is 9.59 Å². The zero-order valence-corrected chi connectivity index (χ0v) is 15.6. The van der Waals surface area contributed by atoms with Crippen molar-refractivity contribution >= 4 is 34.8 Å². The van der Waals surface area contributed by atoms with Gasteiger partial charge in [-0.1, -0.05) is 11.6 Å². The number of ether oxygens (including phenoxy) is 4. The van der Waals surface area contributed by atoms with Gasteiger partial charge in [-0.05, 0) is 6.07 Å². The van der Waals surface area contributed by atoms with Crippen molar-refractivity contribution in [2.75, 3.05) is 38.6 Å². The second-order valence-corrected chi connectivity index (χ2v) is 5.93. The highest BCUT2D eigenvalue weighted by atomic mass is 35.5. The predicted molar refractivity (Wildman–Crippen MR) is 99.6 cm³/mol. The lowest BCUT2D eigenvalue weighted by Gasteiger charge is -2.20. The minimum Gasteiger partial charge on any atom is -0.496 e. The first-order valence-electron chi connectivity index (χ1n) is 7.84. The molecular weight excluding hydrogens is 376 g/mol. The van der Waals surface area contributed by atoms with E-state index in [4.69, 9.17) is 30.5 Å². The van der Waals surface area contributed by atoms with E-state index in [1.54, 1.807) is 12.1 Å². The molecule has 0 aromatic heterocycles. The molecule has 2 N–H and O–H groups in total. The summed E-state index contributed by atoms with van der Waals surface area (Å²) in [6.45, 7) is -0.106. The number of rotatable bonds is 5. The van der Waals surface area contributed by atoms with Crippen LogP contribution in [0.25, 0.3) is 0 Å². The van der Waals surface area contributed by atoms with Gasteiger partial charge in [-0.2, -0.15) is 0 Å². The molecule has 0 radical (unpaired) electrons. The van der Waals surface area contributed by atoms with E-state index < -0.39 is 5.91 Å². The van der Waals surface area contributed by atoms with Gasteiger partial charge in [0.25, 0.3) is 11.8 Å². The number of methoxy groups -OCH3 is 3. The van der Waals surface area contributed by atoms with Crippen molar-refractivity contribution in [3.05, 3.63) is 34.9 Å². The van der Waals surface area contributed by atoms with E-state index in [-0.39, 0.29) is 23.1 Å². The quantitative estimate of drug-likeness (QED) is 0.812. The maximum absolute atomic E-state index is 12.8. The van der Waals surface area contributed by atoms with Crippen molar-refractivity contribution in [3.8, 4) is 23.0 Å². The van der Waals surface area contributed by atoms with Gasteiger partial charge >= 0.3 is 0 Å². The lowest BCUT2D eigenvalue weighted by molar-refractivity contribution is -0.118. The number of amides is 2. The maximum atomic E-state index is 12.8. The molecule has 2 aromatic rings. The molecule has 1 aliphatic heterocycles. The molecule has 2 aromatic carbocycles. The van der Waals surface area contributed by atoms with E-state index in [2.05, 4.69) is 10.6 Å². The third-order valence-corrected chi connectivity index (χ3v) is 4.21. The Balaban J connectivity index is 1.93. The first-order valence-corrected chi connectivity index (χ1v) is 8.22. The Hall–Kier alpha value is -3.13. The van der Waals surface area contributed by atoms with E-state index >= 15 is 0 Å². The van der Waals surface area contributed by atoms with Crippen LogP contribution in [0.3, 0.4) is 0 Å². The van der Waals surface area contributed by atoms with Crippen molar-refractivity contribution in [2.45, 2.75) is 0 Å². The number of hydrogen-bond donors (Lipinski definition) is 2. The Kier molecular flexibility index (Phi) is 5.27. The van der Waals surface area contributed by atoms with Gasteiger partial charge in [-0.3, -0.25) is 9.59 Å². The van der Waals surface area contributed by atoms with Crippen LogP contribution in [0.5, 0.6) is 23.0 Å². The Morgan fingerprint density at radius 3 is 2.41 bits per heavy atom. The SMILES string of the molecule is COc1cc(OC)c(C(=O)Nc2cc3c(cc2Cl)NC(=O)CO3)cc1OC. The second kappa shape index (κ2) is 7.63. The molecule has 142 valence electrons. The maximum Gasteiger partial charge on any atom is 0.262 e. The number of nitrogens with one attached hydrogen (secondary N) is 2. The molecule has 1 heterocycles. The molecular formula is C18H17ClN2O6. The highest BCUT2D eigenvalue weighted by molar-refractivity contribution is 6.34. The molecule has 2 amide bonds. The number of fused-ring (bicyclic) bond motifs is 1. The van der Waals surface area contributed by atoms with Crippen LogP contribution in [0, 0.1) is 0 Å². The van der Waals surface area contributed by atoms with Crippen LogP contribution in [0.1, 0.15) is 10.4 Å². The molecule has 0 aliphatic carbocycles. The number of carbonyl (C=O) groups is 2. The van der Waals surface area contributed by atoms with Crippen molar-refractivity contribution in [1.29, 1.82) is 0 Å². The largest absolute Gasteiger partial charge is 0.496 e. The van der Waals surface area contributed by atoms with Crippen LogP contribution in [0.15, 0.2) is 24.3 Å². The first-order chi connectivity index (χ1) is 13.0. The number of hydrogen-bond acceptors (Lipinski definition) is 6. The molecule has 1 aliphatic rings. The van der Waals surface area contributed by atoms with Crippen molar-refractivity contribution in [2.24, 2.45) is 0 Å². The molecule has 0 atom stereocenters. The summed E-state index contributed by atoms with van der Waals surface area (Å²) in [6, 6.07) is 6.12. The Morgan fingerprint density at radius 2 is 1.74 bits per heavy atom. The average molecular weight is 393 g/mol. The van der Waals surface area contributed by atoms with E-state index in [0.29, 0.717) is 34.4 Å². The van der Waals surface area contributed by atoms with Crippen molar-refractivity contribution in [1.82, 2.24) is 0 Å². The van der Waals surface area contributed by atoms with Gasteiger partial charge in [0.15, 0.2) is 18.1 Å². The highest BCUT2D eigenvalue weighted by Gasteiger charge is 2.22. The second-order valence-electron chi connectivity index (χ2n) is 5.53. The van der Waals surface area contributed by atoms with Crippen LogP contribution in [-0.2, 0) is 4.79 Å². The Labute approximate surface area is 160 Å². The predicted octanol–water partition coefficient (Wildman–Crippen LogP) is 2.95. The molecule has 0 saturated carbocycles. The molecule has 0 fully saturated rings. The van der Waals surface area contributed by atoms with Gasteiger partial charge in [0.05, 0.1) is 43.3 Å². The average Bonchev–Trinajstić information content (AvgIpc) is 2.67. The number of benzene rings is 2. The zero-order chi connectivity index (χ0) is 19.6. The molecule has 0 unspecified atom stereocenters. The fourth-order valence-electron chi connectivity index (χ4n) is 2.59. The molecule has 0 spiro atoms. The molecule has 9 heteroatoms. The molecule has 0 saturated heterocycles. The third-order valence-electron chi connectivity index (χ3n) is 3.90. The van der Waals surface area contributed by atoms with E-state index in [1.807, 2.05) is 0 Å². The van der Waals surface area contributed by atoms with Gasteiger partial charge in [-0.25, -0.2) is 0 Å². The molecule has 0 bridgehead atoms. The fourth-order valence-corrected chi connectivity index (χ4v) is 2.80. The summed E-state index contributed by atoms with van der Waals surface area (Å²) in [7, 11) is 4.40. The van der Waals surface area contributed by atoms with Crippen LogP contribution in [0.4, 0.5) is 11.4 Å². The zero-order valence-electron chi connectivity index (χ0n) is 14.8. The van der Waals surface area contributed by atoms with Gasteiger partial charge in [-0.15, -0.1) is 0 Å². The number of halogens is 1. The highest BCUT2D eigenvalue weighted by Crippen LogP contribution is 2.38. The standard InChI is InChI=1S/C18H17ClN2O6/c1-24-13-7-16(26-3)15(25-2)4-9(13)18(23)21-11-6-14-12(5-10(11)19)20-17(22)8-27-14/h4-7H,8H2,1-3H3,(H,20,22)(H,21,23). The van der Waals surface area contributed by atoms with Gasteiger partial charge in [0.1, 0.15) is 11.5 Å². The lowest BCUT2D eigenvalue weighted by Crippen LogP contribution is -2.25. The lowest BCUT2D eigenvalue weighted by atomic mass is 10.1. The summed E-state index contributed by atoms with van der Waals surface area (Å²) < 4.78 is 21.1. The topological polar surface area (TPSA) is 95.1 Å². The van der Waals surface area contributed by atoms with Crippen LogP contribution >= 0.6 is 11.6 Å². The van der Waals surface area contributed by atoms with Crippen LogP contribution in [0.2, 0.25) is 5.02 Å². The summed E-state index contributed by atoms with van der Waals surface area (Å²) >= 11 is 6.22. The summed E-state index contributed by atoms with van der Waals surface area (Å²) in [5, 5.41) is 5.60. The Bertz CT molecular complexity index is 915. The van der Waals surface area contributed by atoms with Gasteiger partial charge < -0.3 is 29.6 Å². The van der Waals surface area contributed by atoms with Gasteiger partial charge in [0, 0.05) is 18.2 Å². The minimum atomic E-state index is -0.463. The molecule has 27 heavy (non-hydrogen) atoms. The van der Waals surface area contributed by atoms with Crippen LogP contribution < -0.4 is 29.6 Å². The molecule has 8 nitrogen and oxygen atoms in total. The van der Waals surface area contributed by atoms with Crippen molar-refractivity contribution < 1.29 is 28.5 Å². The monoisotopic (exact) mass is 392 g/mol. The van der Waals surface area contributed by atoms with E-state index in [1.165, 1.54) is 33.5 Å². The molecule has 3 rings (SSSR count). The third kappa shape index (κ3) is 3.70. The smallest absolute Gasteiger partial charge is 0.262 e. The van der Waals surface area contributed by atoms with E-state index in [0.717, 1.165) is 0 Å². The minimum absolute atomic E-state index is 0.106. The normalized spacial score (nSPS) is 12.4. The summed E-state index contributed by atoms with van der Waals surface area (Å²) in [6.07, 6.45) is 0. The summed E-state index contributed by atoms with van der Waals surface area (Å²) in [5.41, 5.74) is 1.00. The fraction of sp³-hybridized carbons (Fsp3) is 0.222. The first kappa shape index (κ1) is 18.7. The Morgan fingerprint density at radius 1 is 1.07 bits per heavy atom. The van der Waals surface area contributed by atoms with Crippen LogP contribution in [-0.4, -0.2) is 39.8 Å². The van der Waals surface area contributed by atoms with Gasteiger partial charge in [0.2, 0.25) is 0 Å². The van der Waals surface area contributed by atoms with Crippen molar-refractivity contribution in [3.63, 3.8) is 0 Å². The number of anilines is 2. The summed E-state index contributed by atoms with van der Waals surface area (Å²) in [5.74, 6) is 0.795. The summed E-state index contributed by atoms with van der Waals surface area (Å²) in [4.78, 5) is 24.2. The number of carbonyl (C=O) groups excluding carboxylic acids is 2.